The molecule has 0 radical (unpaired) electrons. The molecule has 1 N–H and O–H groups in total. The summed E-state index contributed by atoms with van der Waals surface area (Å²) in [7, 11) is 0. The zero-order valence-corrected chi connectivity index (χ0v) is 8.96. The quantitative estimate of drug-likeness (QED) is 0.721. The molecule has 0 bridgehead atoms. The van der Waals surface area contributed by atoms with Crippen molar-refractivity contribution in [3.8, 4) is 0 Å². The molecule has 2 heteroatoms. The summed E-state index contributed by atoms with van der Waals surface area (Å²) in [6, 6.07) is 4.56. The van der Waals surface area contributed by atoms with Crippen LogP contribution in [-0.4, -0.2) is 11.0 Å². The molecule has 0 spiro atoms. The zero-order chi connectivity index (χ0) is 10.4. The first-order valence-corrected chi connectivity index (χ1v) is 4.99. The van der Waals surface area contributed by atoms with Gasteiger partial charge in [-0.25, -0.2) is 0 Å². The molecule has 76 valence electrons. The molecular weight excluding hydrogens is 172 g/mol. The standard InChI is InChI=1S/C12H18N2/c1-4-6-10(2)14-9-12-7-5-8-13-11(12)3/h4-5,7-8,10,14H,1,6,9H2,2-3H3. The van der Waals surface area contributed by atoms with Gasteiger partial charge in [0.1, 0.15) is 0 Å². The molecule has 0 fully saturated rings. The first kappa shape index (κ1) is 10.9. The topological polar surface area (TPSA) is 24.9 Å². The maximum absolute atomic E-state index is 4.24. The predicted molar refractivity (Wildman–Crippen MR) is 60.1 cm³/mol. The summed E-state index contributed by atoms with van der Waals surface area (Å²) >= 11 is 0. The van der Waals surface area contributed by atoms with Crippen molar-refractivity contribution in [1.82, 2.24) is 10.3 Å². The van der Waals surface area contributed by atoms with Gasteiger partial charge in [0.25, 0.3) is 0 Å². The minimum Gasteiger partial charge on any atom is -0.310 e. The van der Waals surface area contributed by atoms with Crippen LogP contribution >= 0.6 is 0 Å². The molecule has 0 saturated heterocycles. The molecule has 1 heterocycles. The number of rotatable bonds is 5. The van der Waals surface area contributed by atoms with Crippen LogP contribution in [-0.2, 0) is 6.54 Å². The Labute approximate surface area is 86.1 Å². The van der Waals surface area contributed by atoms with Crippen LogP contribution in [0.4, 0.5) is 0 Å². The second-order valence-electron chi connectivity index (χ2n) is 3.55. The van der Waals surface area contributed by atoms with Gasteiger partial charge in [0, 0.05) is 24.5 Å². The monoisotopic (exact) mass is 190 g/mol. The lowest BCUT2D eigenvalue weighted by atomic mass is 10.2. The summed E-state index contributed by atoms with van der Waals surface area (Å²) in [5.41, 5.74) is 2.37. The van der Waals surface area contributed by atoms with E-state index in [1.165, 1.54) is 5.56 Å². The minimum absolute atomic E-state index is 0.479. The van der Waals surface area contributed by atoms with Crippen LogP contribution in [0.15, 0.2) is 31.0 Å². The van der Waals surface area contributed by atoms with Gasteiger partial charge in [0.05, 0.1) is 0 Å². The number of hydrogen-bond donors (Lipinski definition) is 1. The van der Waals surface area contributed by atoms with E-state index in [1.54, 1.807) is 0 Å². The van der Waals surface area contributed by atoms with Crippen LogP contribution in [0.2, 0.25) is 0 Å². The highest BCUT2D eigenvalue weighted by Gasteiger charge is 2.01. The van der Waals surface area contributed by atoms with Gasteiger partial charge >= 0.3 is 0 Å². The Morgan fingerprint density at radius 1 is 1.64 bits per heavy atom. The van der Waals surface area contributed by atoms with Gasteiger partial charge in [-0.15, -0.1) is 6.58 Å². The summed E-state index contributed by atoms with van der Waals surface area (Å²) < 4.78 is 0. The van der Waals surface area contributed by atoms with Crippen molar-refractivity contribution in [2.45, 2.75) is 32.9 Å². The van der Waals surface area contributed by atoms with E-state index in [9.17, 15) is 0 Å². The smallest absolute Gasteiger partial charge is 0.0417 e. The van der Waals surface area contributed by atoms with E-state index in [0.29, 0.717) is 6.04 Å². The van der Waals surface area contributed by atoms with Crippen LogP contribution in [0.25, 0.3) is 0 Å². The molecule has 0 saturated carbocycles. The molecule has 2 nitrogen and oxygen atoms in total. The van der Waals surface area contributed by atoms with Gasteiger partial charge in [-0.3, -0.25) is 4.98 Å². The molecule has 1 aromatic rings. The number of aromatic nitrogens is 1. The molecular formula is C12H18N2. The lowest BCUT2D eigenvalue weighted by Crippen LogP contribution is -2.25. The maximum atomic E-state index is 4.24. The summed E-state index contributed by atoms with van der Waals surface area (Å²) in [5, 5.41) is 3.43. The number of nitrogens with zero attached hydrogens (tertiary/aromatic N) is 1. The van der Waals surface area contributed by atoms with Gasteiger partial charge < -0.3 is 5.32 Å². The third kappa shape index (κ3) is 3.30. The number of hydrogen-bond acceptors (Lipinski definition) is 2. The predicted octanol–water partition coefficient (Wildman–Crippen LogP) is 2.44. The molecule has 0 aliphatic rings. The van der Waals surface area contributed by atoms with Crippen molar-refractivity contribution in [3.63, 3.8) is 0 Å². The normalized spacial score (nSPS) is 12.4. The summed E-state index contributed by atoms with van der Waals surface area (Å²) in [6.45, 7) is 8.80. The van der Waals surface area contributed by atoms with Crippen molar-refractivity contribution < 1.29 is 0 Å². The van der Waals surface area contributed by atoms with E-state index in [4.69, 9.17) is 0 Å². The first-order chi connectivity index (χ1) is 6.74. The first-order valence-electron chi connectivity index (χ1n) is 4.99. The van der Waals surface area contributed by atoms with Gasteiger partial charge in [-0.05, 0) is 31.9 Å². The van der Waals surface area contributed by atoms with Crippen LogP contribution in [0.3, 0.4) is 0 Å². The number of aryl methyl sites for hydroxylation is 1. The lowest BCUT2D eigenvalue weighted by Gasteiger charge is -2.12. The van der Waals surface area contributed by atoms with E-state index in [-0.39, 0.29) is 0 Å². The fourth-order valence-electron chi connectivity index (χ4n) is 1.32. The van der Waals surface area contributed by atoms with E-state index in [1.807, 2.05) is 25.3 Å². The molecule has 14 heavy (non-hydrogen) atoms. The van der Waals surface area contributed by atoms with Gasteiger partial charge in [0.15, 0.2) is 0 Å². The highest BCUT2D eigenvalue weighted by atomic mass is 14.9. The summed E-state index contributed by atoms with van der Waals surface area (Å²) in [4.78, 5) is 4.24. The van der Waals surface area contributed by atoms with Crippen molar-refractivity contribution in [2.24, 2.45) is 0 Å². The van der Waals surface area contributed by atoms with Gasteiger partial charge in [0.2, 0.25) is 0 Å². The Kier molecular flexibility index (Phi) is 4.33. The Bertz CT molecular complexity index is 294. The molecule has 1 aromatic heterocycles. The molecule has 0 aliphatic heterocycles. The zero-order valence-electron chi connectivity index (χ0n) is 8.96. The fraction of sp³-hybridized carbons (Fsp3) is 0.417. The van der Waals surface area contributed by atoms with Gasteiger partial charge in [-0.1, -0.05) is 12.1 Å². The average molecular weight is 190 g/mol. The Balaban J connectivity index is 2.45. The molecule has 1 unspecified atom stereocenters. The van der Waals surface area contributed by atoms with Gasteiger partial charge in [-0.2, -0.15) is 0 Å². The van der Waals surface area contributed by atoms with Crippen LogP contribution in [0.1, 0.15) is 24.6 Å². The third-order valence-electron chi connectivity index (χ3n) is 2.28. The molecule has 1 atom stereocenters. The highest BCUT2D eigenvalue weighted by Crippen LogP contribution is 2.03. The molecule has 1 rings (SSSR count). The number of pyridine rings is 1. The Morgan fingerprint density at radius 3 is 3.07 bits per heavy atom. The third-order valence-corrected chi connectivity index (χ3v) is 2.28. The largest absolute Gasteiger partial charge is 0.310 e. The van der Waals surface area contributed by atoms with E-state index in [2.05, 4.69) is 29.9 Å². The Morgan fingerprint density at radius 2 is 2.43 bits per heavy atom. The Hall–Kier alpha value is -1.15. The van der Waals surface area contributed by atoms with Crippen molar-refractivity contribution in [3.05, 3.63) is 42.2 Å². The van der Waals surface area contributed by atoms with Crippen molar-refractivity contribution in [1.29, 1.82) is 0 Å². The maximum Gasteiger partial charge on any atom is 0.0417 e. The van der Waals surface area contributed by atoms with Crippen LogP contribution in [0.5, 0.6) is 0 Å². The molecule has 0 aromatic carbocycles. The number of nitrogens with one attached hydrogen (secondary N) is 1. The fourth-order valence-corrected chi connectivity index (χ4v) is 1.32. The van der Waals surface area contributed by atoms with E-state index >= 15 is 0 Å². The van der Waals surface area contributed by atoms with Crippen LogP contribution < -0.4 is 5.32 Å². The second-order valence-corrected chi connectivity index (χ2v) is 3.55. The molecule has 0 amide bonds. The second kappa shape index (κ2) is 5.55. The SMILES string of the molecule is C=CCC(C)NCc1cccnc1C. The lowest BCUT2D eigenvalue weighted by molar-refractivity contribution is 0.552. The van der Waals surface area contributed by atoms with E-state index < -0.39 is 0 Å². The molecule has 0 aliphatic carbocycles. The average Bonchev–Trinajstić information content (AvgIpc) is 2.17. The minimum atomic E-state index is 0.479. The summed E-state index contributed by atoms with van der Waals surface area (Å²) in [6.07, 6.45) is 4.76. The van der Waals surface area contributed by atoms with E-state index in [0.717, 1.165) is 18.7 Å². The van der Waals surface area contributed by atoms with Crippen LogP contribution in [0, 0.1) is 6.92 Å². The summed E-state index contributed by atoms with van der Waals surface area (Å²) in [5.74, 6) is 0. The van der Waals surface area contributed by atoms with Crippen molar-refractivity contribution >= 4 is 0 Å². The van der Waals surface area contributed by atoms with Crippen molar-refractivity contribution in [2.75, 3.05) is 0 Å². The highest BCUT2D eigenvalue weighted by molar-refractivity contribution is 5.17.